The highest BCUT2D eigenvalue weighted by Crippen LogP contribution is 2.18. The molecular formula is C12H18NO2+. The van der Waals surface area contributed by atoms with Crippen LogP contribution in [0.2, 0.25) is 0 Å². The van der Waals surface area contributed by atoms with E-state index >= 15 is 0 Å². The van der Waals surface area contributed by atoms with Gasteiger partial charge < -0.3 is 9.64 Å². The number of rotatable bonds is 5. The Balaban J connectivity index is 2.98. The highest BCUT2D eigenvalue weighted by Gasteiger charge is 2.07. The summed E-state index contributed by atoms with van der Waals surface area (Å²) in [6, 6.07) is 5.54. The van der Waals surface area contributed by atoms with Gasteiger partial charge in [-0.2, -0.15) is 0 Å². The van der Waals surface area contributed by atoms with Gasteiger partial charge in [-0.3, -0.25) is 4.79 Å². The number of nitrogens with one attached hydrogen (secondary N) is 1. The number of carbonyl (C=O) groups excluding carboxylic acids is 1. The van der Waals surface area contributed by atoms with Crippen molar-refractivity contribution in [3.05, 3.63) is 29.3 Å². The summed E-state index contributed by atoms with van der Waals surface area (Å²) in [6.45, 7) is 3.47. The zero-order valence-electron chi connectivity index (χ0n) is 9.54. The molecule has 0 radical (unpaired) electrons. The molecule has 0 aliphatic heterocycles. The van der Waals surface area contributed by atoms with E-state index in [0.29, 0.717) is 12.2 Å². The van der Waals surface area contributed by atoms with Gasteiger partial charge in [0.15, 0.2) is 0 Å². The van der Waals surface area contributed by atoms with E-state index in [-0.39, 0.29) is 0 Å². The molecule has 0 atom stereocenters. The summed E-state index contributed by atoms with van der Waals surface area (Å²) in [5.41, 5.74) is 1.79. The van der Waals surface area contributed by atoms with E-state index in [9.17, 15) is 4.79 Å². The molecule has 0 aromatic heterocycles. The highest BCUT2D eigenvalue weighted by atomic mass is 16.5. The van der Waals surface area contributed by atoms with Crippen molar-refractivity contribution in [3.8, 4) is 5.75 Å². The molecule has 1 aromatic rings. The van der Waals surface area contributed by atoms with Gasteiger partial charge in [0, 0.05) is 11.1 Å². The molecule has 1 aromatic carbocycles. The minimum Gasteiger partial charge on any atom is -0.493 e. The van der Waals surface area contributed by atoms with Gasteiger partial charge in [-0.15, -0.1) is 0 Å². The number of quaternary nitrogens is 1. The minimum atomic E-state index is 0.649. The van der Waals surface area contributed by atoms with E-state index in [2.05, 4.69) is 14.1 Å². The maximum Gasteiger partial charge on any atom is 0.150 e. The van der Waals surface area contributed by atoms with Crippen LogP contribution in [0, 0.1) is 0 Å². The first-order valence-corrected chi connectivity index (χ1v) is 5.17. The number of hydrogen-bond donors (Lipinski definition) is 1. The van der Waals surface area contributed by atoms with Gasteiger partial charge in [0.2, 0.25) is 0 Å². The third-order valence-corrected chi connectivity index (χ3v) is 2.06. The van der Waals surface area contributed by atoms with Crippen molar-refractivity contribution >= 4 is 6.29 Å². The predicted octanol–water partition coefficient (Wildman–Crippen LogP) is 0.542. The first-order valence-electron chi connectivity index (χ1n) is 5.17. The second kappa shape index (κ2) is 5.51. The van der Waals surface area contributed by atoms with Crippen LogP contribution in [-0.4, -0.2) is 27.0 Å². The van der Waals surface area contributed by atoms with Crippen LogP contribution in [0.15, 0.2) is 18.2 Å². The Morgan fingerprint density at radius 1 is 1.40 bits per heavy atom. The van der Waals surface area contributed by atoms with Gasteiger partial charge >= 0.3 is 0 Å². The maximum absolute atomic E-state index is 10.7. The summed E-state index contributed by atoms with van der Waals surface area (Å²) >= 11 is 0. The lowest BCUT2D eigenvalue weighted by molar-refractivity contribution is -0.872. The molecule has 0 saturated heterocycles. The summed E-state index contributed by atoms with van der Waals surface area (Å²) in [5.74, 6) is 0.879. The van der Waals surface area contributed by atoms with Crippen LogP contribution < -0.4 is 9.64 Å². The highest BCUT2D eigenvalue weighted by molar-refractivity contribution is 5.75. The fraction of sp³-hybridized carbons (Fsp3) is 0.417. The smallest absolute Gasteiger partial charge is 0.150 e. The van der Waals surface area contributed by atoms with Gasteiger partial charge in [-0.25, -0.2) is 0 Å². The van der Waals surface area contributed by atoms with E-state index in [4.69, 9.17) is 4.74 Å². The topological polar surface area (TPSA) is 30.7 Å². The van der Waals surface area contributed by atoms with E-state index < -0.39 is 0 Å². The summed E-state index contributed by atoms with van der Waals surface area (Å²) in [4.78, 5) is 12.0. The van der Waals surface area contributed by atoms with E-state index in [1.807, 2.05) is 19.1 Å². The Morgan fingerprint density at radius 3 is 2.67 bits per heavy atom. The lowest BCUT2D eigenvalue weighted by Gasteiger charge is -2.12. The average molecular weight is 208 g/mol. The van der Waals surface area contributed by atoms with Gasteiger partial charge in [0.25, 0.3) is 0 Å². The van der Waals surface area contributed by atoms with Crippen molar-refractivity contribution < 1.29 is 14.4 Å². The predicted molar refractivity (Wildman–Crippen MR) is 59.5 cm³/mol. The number of benzene rings is 1. The molecule has 0 unspecified atom stereocenters. The molecule has 0 aliphatic rings. The molecule has 3 heteroatoms. The number of aldehydes is 1. The van der Waals surface area contributed by atoms with Crippen molar-refractivity contribution in [1.29, 1.82) is 0 Å². The monoisotopic (exact) mass is 208 g/mol. The van der Waals surface area contributed by atoms with Crippen molar-refractivity contribution in [2.75, 3.05) is 20.7 Å². The molecule has 0 spiro atoms. The standard InChI is InChI=1S/C12H17NO2/c1-4-15-12-6-5-10(9-14)7-11(12)8-13(2)3/h5-7,9H,4,8H2,1-3H3/p+1. The third kappa shape index (κ3) is 3.36. The Kier molecular flexibility index (Phi) is 4.31. The maximum atomic E-state index is 10.7. The summed E-state index contributed by atoms with van der Waals surface area (Å²) in [7, 11) is 4.15. The molecule has 1 N–H and O–H groups in total. The van der Waals surface area contributed by atoms with Gasteiger partial charge in [-0.05, 0) is 25.1 Å². The lowest BCUT2D eigenvalue weighted by Crippen LogP contribution is -3.04. The summed E-state index contributed by atoms with van der Waals surface area (Å²) in [5, 5.41) is 0. The number of carbonyl (C=O) groups is 1. The fourth-order valence-electron chi connectivity index (χ4n) is 1.49. The summed E-state index contributed by atoms with van der Waals surface area (Å²) < 4.78 is 5.51. The Bertz CT molecular complexity index is 334. The van der Waals surface area contributed by atoms with E-state index in [0.717, 1.165) is 24.1 Å². The minimum absolute atomic E-state index is 0.649. The molecule has 0 amide bonds. The molecule has 15 heavy (non-hydrogen) atoms. The first-order chi connectivity index (χ1) is 7.17. The van der Waals surface area contributed by atoms with Crippen LogP contribution in [0.4, 0.5) is 0 Å². The van der Waals surface area contributed by atoms with Crippen LogP contribution in [0.3, 0.4) is 0 Å². The number of hydrogen-bond acceptors (Lipinski definition) is 2. The largest absolute Gasteiger partial charge is 0.493 e. The second-order valence-corrected chi connectivity index (χ2v) is 3.80. The van der Waals surface area contributed by atoms with Crippen molar-refractivity contribution in [3.63, 3.8) is 0 Å². The average Bonchev–Trinajstić information content (AvgIpc) is 2.20. The fourth-order valence-corrected chi connectivity index (χ4v) is 1.49. The SMILES string of the molecule is CCOc1ccc(C=O)cc1C[NH+](C)C. The zero-order chi connectivity index (χ0) is 11.3. The van der Waals surface area contributed by atoms with Gasteiger partial charge in [-0.1, -0.05) is 0 Å². The lowest BCUT2D eigenvalue weighted by atomic mass is 10.1. The van der Waals surface area contributed by atoms with Crippen LogP contribution in [0.25, 0.3) is 0 Å². The van der Waals surface area contributed by atoms with Crippen LogP contribution in [0.5, 0.6) is 5.75 Å². The van der Waals surface area contributed by atoms with Gasteiger partial charge in [0.05, 0.1) is 20.7 Å². The normalized spacial score (nSPS) is 10.4. The third-order valence-electron chi connectivity index (χ3n) is 2.06. The van der Waals surface area contributed by atoms with Crippen molar-refractivity contribution in [2.45, 2.75) is 13.5 Å². The van der Waals surface area contributed by atoms with Gasteiger partial charge in [0.1, 0.15) is 18.6 Å². The number of ether oxygens (including phenoxy) is 1. The van der Waals surface area contributed by atoms with Crippen molar-refractivity contribution in [1.82, 2.24) is 0 Å². The molecule has 1 rings (SSSR count). The molecular weight excluding hydrogens is 190 g/mol. The Morgan fingerprint density at radius 2 is 2.13 bits per heavy atom. The second-order valence-electron chi connectivity index (χ2n) is 3.80. The molecule has 3 nitrogen and oxygen atoms in total. The summed E-state index contributed by atoms with van der Waals surface area (Å²) in [6.07, 6.45) is 0.865. The Hall–Kier alpha value is -1.35. The molecule has 82 valence electrons. The first kappa shape index (κ1) is 11.7. The van der Waals surface area contributed by atoms with E-state index in [1.54, 1.807) is 6.07 Å². The van der Waals surface area contributed by atoms with Crippen molar-refractivity contribution in [2.24, 2.45) is 0 Å². The van der Waals surface area contributed by atoms with Crippen LogP contribution >= 0.6 is 0 Å². The molecule has 0 bridgehead atoms. The van der Waals surface area contributed by atoms with E-state index in [1.165, 1.54) is 4.90 Å². The molecule has 0 aliphatic carbocycles. The Labute approximate surface area is 90.7 Å². The van der Waals surface area contributed by atoms with Crippen LogP contribution in [0.1, 0.15) is 22.8 Å². The molecule has 0 heterocycles. The molecule has 0 saturated carbocycles. The zero-order valence-corrected chi connectivity index (χ0v) is 9.54. The molecule has 0 fully saturated rings. The van der Waals surface area contributed by atoms with Crippen LogP contribution in [-0.2, 0) is 6.54 Å². The quantitative estimate of drug-likeness (QED) is 0.716.